The number of fused-ring (bicyclic) bond motifs is 2. The van der Waals surface area contributed by atoms with Crippen molar-refractivity contribution in [2.45, 2.75) is 53.0 Å². The third-order valence-corrected chi connectivity index (χ3v) is 6.88. The Morgan fingerprint density at radius 2 is 1.65 bits per heavy atom. The van der Waals surface area contributed by atoms with Crippen molar-refractivity contribution >= 4 is 16.7 Å². The Hall–Kier alpha value is -3.53. The molecule has 5 rings (SSSR count). The fourth-order valence-corrected chi connectivity index (χ4v) is 4.79. The van der Waals surface area contributed by atoms with E-state index in [4.69, 9.17) is 9.15 Å². The highest BCUT2D eigenvalue weighted by Crippen LogP contribution is 2.37. The smallest absolute Gasteiger partial charge is 0.340 e. The number of hydrogen-bond acceptors (Lipinski definition) is 4. The molecule has 0 atom stereocenters. The van der Waals surface area contributed by atoms with Gasteiger partial charge in [-0.15, -0.1) is 0 Å². The lowest BCUT2D eigenvalue weighted by Gasteiger charge is -2.32. The van der Waals surface area contributed by atoms with E-state index in [9.17, 15) is 4.79 Å². The third-order valence-electron chi connectivity index (χ3n) is 6.88. The molecule has 0 bridgehead atoms. The van der Waals surface area contributed by atoms with Crippen LogP contribution in [0.5, 0.6) is 5.75 Å². The van der Waals surface area contributed by atoms with Gasteiger partial charge in [-0.2, -0.15) is 0 Å². The second-order valence-corrected chi connectivity index (χ2v) is 10.3. The molecule has 0 N–H and O–H groups in total. The summed E-state index contributed by atoms with van der Waals surface area (Å²) in [6.07, 6.45) is 0.559. The summed E-state index contributed by atoms with van der Waals surface area (Å²) < 4.78 is 12.0. The topological polar surface area (TPSA) is 42.7 Å². The first kappa shape index (κ1) is 22.3. The van der Waals surface area contributed by atoms with Crippen LogP contribution in [0.2, 0.25) is 0 Å². The van der Waals surface area contributed by atoms with E-state index in [1.165, 1.54) is 5.56 Å². The summed E-state index contributed by atoms with van der Waals surface area (Å²) in [7, 11) is 0. The minimum absolute atomic E-state index is 0.123. The highest BCUT2D eigenvalue weighted by atomic mass is 16.5. The number of rotatable bonds is 3. The Morgan fingerprint density at radius 3 is 2.32 bits per heavy atom. The van der Waals surface area contributed by atoms with Crippen LogP contribution in [0.15, 0.2) is 69.9 Å². The van der Waals surface area contributed by atoms with E-state index in [2.05, 4.69) is 56.0 Å². The number of hydrogen-bond donors (Lipinski definition) is 0. The van der Waals surface area contributed by atoms with E-state index in [1.54, 1.807) is 0 Å². The van der Waals surface area contributed by atoms with E-state index in [-0.39, 0.29) is 11.0 Å². The standard InChI is InChI=1S/C30H31NO3/c1-19-25-16-22-17-31(24-13-11-23(12-14-24)30(3,4)5)18-33-27(22)20(2)28(25)34-29(32)26(19)15-21-9-7-6-8-10-21/h6-14,16H,15,17-18H2,1-5H3. The molecule has 0 unspecified atom stereocenters. The maximum atomic E-state index is 12.9. The lowest BCUT2D eigenvalue weighted by Crippen LogP contribution is -2.32. The van der Waals surface area contributed by atoms with E-state index >= 15 is 0 Å². The zero-order valence-corrected chi connectivity index (χ0v) is 20.6. The van der Waals surface area contributed by atoms with Crippen molar-refractivity contribution in [3.63, 3.8) is 0 Å². The van der Waals surface area contributed by atoms with Crippen LogP contribution in [-0.2, 0) is 18.4 Å². The number of nitrogens with zero attached hydrogens (tertiary/aromatic N) is 1. The average Bonchev–Trinajstić information content (AvgIpc) is 2.83. The van der Waals surface area contributed by atoms with Gasteiger partial charge in [0.25, 0.3) is 0 Å². The maximum Gasteiger partial charge on any atom is 0.340 e. The van der Waals surface area contributed by atoms with Gasteiger partial charge in [0, 0.05) is 40.7 Å². The largest absolute Gasteiger partial charge is 0.472 e. The first-order valence-corrected chi connectivity index (χ1v) is 11.8. The van der Waals surface area contributed by atoms with E-state index in [0.717, 1.165) is 45.6 Å². The predicted molar refractivity (Wildman–Crippen MR) is 138 cm³/mol. The van der Waals surface area contributed by atoms with Gasteiger partial charge in [-0.1, -0.05) is 63.2 Å². The van der Waals surface area contributed by atoms with Crippen LogP contribution in [0.3, 0.4) is 0 Å². The molecular formula is C30H31NO3. The normalized spacial score (nSPS) is 13.6. The summed E-state index contributed by atoms with van der Waals surface area (Å²) in [5.41, 5.74) is 7.72. The summed E-state index contributed by atoms with van der Waals surface area (Å²) in [5.74, 6) is 0.827. The summed E-state index contributed by atoms with van der Waals surface area (Å²) in [6.45, 7) is 11.9. The van der Waals surface area contributed by atoms with Crippen LogP contribution in [-0.4, -0.2) is 6.73 Å². The quantitative estimate of drug-likeness (QED) is 0.326. The summed E-state index contributed by atoms with van der Waals surface area (Å²) >= 11 is 0. The minimum atomic E-state index is -0.270. The number of benzene rings is 3. The van der Waals surface area contributed by atoms with Crippen molar-refractivity contribution in [2.24, 2.45) is 0 Å². The fraction of sp³-hybridized carbons (Fsp3) is 0.300. The molecule has 0 radical (unpaired) electrons. The Labute approximate surface area is 200 Å². The van der Waals surface area contributed by atoms with Crippen LogP contribution < -0.4 is 15.3 Å². The molecule has 1 aromatic heterocycles. The van der Waals surface area contributed by atoms with Crippen LogP contribution in [0, 0.1) is 13.8 Å². The van der Waals surface area contributed by atoms with Gasteiger partial charge in [0.2, 0.25) is 0 Å². The third kappa shape index (κ3) is 3.98. The van der Waals surface area contributed by atoms with Crippen molar-refractivity contribution in [3.8, 4) is 5.75 Å². The molecule has 0 amide bonds. The van der Waals surface area contributed by atoms with Gasteiger partial charge in [-0.05, 0) is 54.2 Å². The first-order chi connectivity index (χ1) is 16.2. The molecule has 1 aliphatic heterocycles. The molecule has 34 heavy (non-hydrogen) atoms. The zero-order chi connectivity index (χ0) is 24.0. The van der Waals surface area contributed by atoms with Crippen molar-refractivity contribution in [1.82, 2.24) is 0 Å². The van der Waals surface area contributed by atoms with Crippen LogP contribution in [0.25, 0.3) is 11.0 Å². The van der Waals surface area contributed by atoms with E-state index < -0.39 is 0 Å². The zero-order valence-electron chi connectivity index (χ0n) is 20.6. The SMILES string of the molecule is Cc1c(Cc2ccccc2)c(=O)oc2c(C)c3c(cc12)CN(c1ccc(C(C)(C)C)cc1)CO3. The fourth-order valence-electron chi connectivity index (χ4n) is 4.79. The lowest BCUT2D eigenvalue weighted by atomic mass is 9.87. The first-order valence-electron chi connectivity index (χ1n) is 11.8. The van der Waals surface area contributed by atoms with Crippen LogP contribution in [0.4, 0.5) is 5.69 Å². The van der Waals surface area contributed by atoms with Crippen molar-refractivity contribution < 1.29 is 9.15 Å². The van der Waals surface area contributed by atoms with Gasteiger partial charge >= 0.3 is 5.63 Å². The van der Waals surface area contributed by atoms with Gasteiger partial charge in [0.1, 0.15) is 11.3 Å². The number of anilines is 1. The predicted octanol–water partition coefficient (Wildman–Crippen LogP) is 6.65. The second-order valence-electron chi connectivity index (χ2n) is 10.3. The Bertz CT molecular complexity index is 1410. The number of aryl methyl sites for hydroxylation is 2. The van der Waals surface area contributed by atoms with E-state index in [1.807, 2.05) is 44.2 Å². The molecule has 4 aromatic rings. The molecule has 2 heterocycles. The molecule has 0 aliphatic carbocycles. The summed E-state index contributed by atoms with van der Waals surface area (Å²) in [4.78, 5) is 15.1. The molecule has 174 valence electrons. The molecule has 0 spiro atoms. The minimum Gasteiger partial charge on any atom is -0.472 e. The second kappa shape index (κ2) is 8.35. The maximum absolute atomic E-state index is 12.9. The number of ether oxygens (including phenoxy) is 1. The molecular weight excluding hydrogens is 422 g/mol. The van der Waals surface area contributed by atoms with Crippen LogP contribution in [0.1, 0.15) is 54.2 Å². The van der Waals surface area contributed by atoms with E-state index in [0.29, 0.717) is 24.3 Å². The van der Waals surface area contributed by atoms with Gasteiger partial charge in [-0.25, -0.2) is 4.79 Å². The van der Waals surface area contributed by atoms with Gasteiger partial charge < -0.3 is 14.1 Å². The molecule has 0 saturated carbocycles. The monoisotopic (exact) mass is 453 g/mol. The Morgan fingerprint density at radius 1 is 0.941 bits per heavy atom. The molecule has 0 fully saturated rings. The molecule has 0 saturated heterocycles. The van der Waals surface area contributed by atoms with Crippen molar-refractivity contribution in [1.29, 1.82) is 0 Å². The molecule has 4 nitrogen and oxygen atoms in total. The molecule has 4 heteroatoms. The Kier molecular flexibility index (Phi) is 5.47. The highest BCUT2D eigenvalue weighted by Gasteiger charge is 2.24. The van der Waals surface area contributed by atoms with Gasteiger partial charge in [0.15, 0.2) is 6.73 Å². The molecule has 3 aromatic carbocycles. The average molecular weight is 454 g/mol. The van der Waals surface area contributed by atoms with Gasteiger partial charge in [0.05, 0.1) is 0 Å². The Balaban J connectivity index is 1.53. The molecule has 1 aliphatic rings. The lowest BCUT2D eigenvalue weighted by molar-refractivity contribution is 0.287. The van der Waals surface area contributed by atoms with Crippen LogP contribution >= 0.6 is 0 Å². The van der Waals surface area contributed by atoms with Gasteiger partial charge in [-0.3, -0.25) is 0 Å². The summed E-state index contributed by atoms with van der Waals surface area (Å²) in [6, 6.07) is 20.9. The summed E-state index contributed by atoms with van der Waals surface area (Å²) in [5, 5.41) is 0.982. The highest BCUT2D eigenvalue weighted by molar-refractivity contribution is 5.87. The van der Waals surface area contributed by atoms with Crippen molar-refractivity contribution in [3.05, 3.63) is 104 Å². The van der Waals surface area contributed by atoms with Crippen molar-refractivity contribution in [2.75, 3.05) is 11.6 Å².